The number of alkyl halides is 3. The van der Waals surface area contributed by atoms with E-state index in [2.05, 4.69) is 26.0 Å². The lowest BCUT2D eigenvalue weighted by Gasteiger charge is -2.07. The van der Waals surface area contributed by atoms with Crippen LogP contribution in [0.15, 0.2) is 64.5 Å². The van der Waals surface area contributed by atoms with Crippen molar-refractivity contribution in [2.45, 2.75) is 6.18 Å². The summed E-state index contributed by atoms with van der Waals surface area (Å²) in [4.78, 5) is 14.5. The van der Waals surface area contributed by atoms with Crippen LogP contribution in [0.5, 0.6) is 0 Å². The summed E-state index contributed by atoms with van der Waals surface area (Å²) < 4.78 is 42.4. The van der Waals surface area contributed by atoms with Gasteiger partial charge in [0.15, 0.2) is 5.69 Å². The summed E-state index contributed by atoms with van der Waals surface area (Å²) in [5.41, 5.74) is 0.636. The van der Waals surface area contributed by atoms with Gasteiger partial charge in [0.1, 0.15) is 0 Å². The van der Waals surface area contributed by atoms with E-state index in [1.807, 2.05) is 0 Å². The van der Waals surface area contributed by atoms with Crippen molar-refractivity contribution in [3.05, 3.63) is 80.3 Å². The van der Waals surface area contributed by atoms with Gasteiger partial charge in [-0.05, 0) is 30.3 Å². The number of nitrogens with zero attached hydrogens (tertiary/aromatic N) is 4. The fourth-order valence-electron chi connectivity index (χ4n) is 2.74. The highest BCUT2D eigenvalue weighted by molar-refractivity contribution is 9.10. The smallest absolute Gasteiger partial charge is 0.258 e. The fourth-order valence-corrected chi connectivity index (χ4v) is 3.80. The Morgan fingerprint density at radius 3 is 2.20 bits per heavy atom. The Kier molecular flexibility index (Phi) is 5.16. The van der Waals surface area contributed by atoms with Gasteiger partial charge in [-0.15, -0.1) is 11.3 Å². The molecule has 11 heteroatoms. The van der Waals surface area contributed by atoms with Gasteiger partial charge < -0.3 is 0 Å². The van der Waals surface area contributed by atoms with Gasteiger partial charge >= 0.3 is 6.18 Å². The predicted octanol–water partition coefficient (Wildman–Crippen LogP) is 6.35. The second-order valence-corrected chi connectivity index (χ2v) is 7.90. The number of benzene rings is 2. The molecule has 0 unspecified atom stereocenters. The van der Waals surface area contributed by atoms with Crippen molar-refractivity contribution in [2.75, 3.05) is 0 Å². The number of rotatable bonds is 4. The molecule has 0 N–H and O–H groups in total. The number of hydrogen-bond acceptors (Lipinski definition) is 5. The zero-order valence-electron chi connectivity index (χ0n) is 14.8. The van der Waals surface area contributed by atoms with Gasteiger partial charge in [0.05, 0.1) is 16.3 Å². The quantitative estimate of drug-likeness (QED) is 0.244. The summed E-state index contributed by atoms with van der Waals surface area (Å²) in [7, 11) is 0. The third kappa shape index (κ3) is 3.98. The highest BCUT2D eigenvalue weighted by Crippen LogP contribution is 2.35. The van der Waals surface area contributed by atoms with E-state index in [-0.39, 0.29) is 16.5 Å². The average Bonchev–Trinajstić information content (AvgIpc) is 3.36. The zero-order valence-corrected chi connectivity index (χ0v) is 17.2. The van der Waals surface area contributed by atoms with Crippen molar-refractivity contribution in [3.8, 4) is 27.6 Å². The van der Waals surface area contributed by atoms with E-state index in [0.29, 0.717) is 16.8 Å². The summed E-state index contributed by atoms with van der Waals surface area (Å²) in [6.07, 6.45) is -4.63. The minimum absolute atomic E-state index is 0.0408. The molecule has 6 nitrogen and oxygen atoms in total. The Bertz CT molecular complexity index is 1220. The zero-order chi connectivity index (χ0) is 21.5. The highest BCUT2D eigenvalue weighted by atomic mass is 79.9. The van der Waals surface area contributed by atoms with Gasteiger partial charge in [-0.1, -0.05) is 28.1 Å². The number of nitro benzene ring substituents is 1. The molecule has 0 aliphatic heterocycles. The van der Waals surface area contributed by atoms with Crippen molar-refractivity contribution in [1.29, 1.82) is 0 Å². The molecule has 4 aromatic rings. The molecule has 2 aromatic heterocycles. The second kappa shape index (κ2) is 7.65. The number of hydrogen-bond donors (Lipinski definition) is 0. The normalized spacial score (nSPS) is 11.6. The van der Waals surface area contributed by atoms with Gasteiger partial charge in [0, 0.05) is 33.1 Å². The number of non-ortho nitro benzene ring substituents is 1. The molecule has 0 saturated carbocycles. The van der Waals surface area contributed by atoms with Gasteiger partial charge in [-0.2, -0.15) is 18.3 Å². The lowest BCUT2D eigenvalue weighted by molar-refractivity contribution is -0.384. The Morgan fingerprint density at radius 2 is 1.60 bits per heavy atom. The molecular weight excluding hydrogens is 485 g/mol. The molecule has 2 aromatic carbocycles. The van der Waals surface area contributed by atoms with Crippen LogP contribution in [0.25, 0.3) is 27.6 Å². The first-order valence-corrected chi connectivity index (χ1v) is 10.0. The Morgan fingerprint density at radius 1 is 1.00 bits per heavy atom. The minimum Gasteiger partial charge on any atom is -0.258 e. The monoisotopic (exact) mass is 494 g/mol. The number of nitro groups is 1. The molecule has 0 aliphatic carbocycles. The first-order valence-electron chi connectivity index (χ1n) is 8.36. The third-order valence-corrected chi connectivity index (χ3v) is 5.53. The molecule has 0 bridgehead atoms. The van der Waals surface area contributed by atoms with Gasteiger partial charge in [-0.3, -0.25) is 10.1 Å². The maximum absolute atomic E-state index is 13.6. The molecule has 0 atom stereocenters. The van der Waals surface area contributed by atoms with Crippen LogP contribution in [0.3, 0.4) is 0 Å². The molecule has 0 saturated heterocycles. The van der Waals surface area contributed by atoms with Crippen LogP contribution in [-0.4, -0.2) is 19.7 Å². The summed E-state index contributed by atoms with van der Waals surface area (Å²) in [5.74, 6) is 0. The molecule has 4 rings (SSSR count). The van der Waals surface area contributed by atoms with Crippen LogP contribution < -0.4 is 0 Å². The van der Waals surface area contributed by atoms with E-state index in [9.17, 15) is 23.3 Å². The van der Waals surface area contributed by atoms with Crippen LogP contribution in [0.2, 0.25) is 0 Å². The fraction of sp³-hybridized carbons (Fsp3) is 0.0526. The molecule has 2 heterocycles. The van der Waals surface area contributed by atoms with Gasteiger partial charge in [0.25, 0.3) is 5.69 Å². The van der Waals surface area contributed by atoms with Crippen LogP contribution in [0, 0.1) is 10.1 Å². The average molecular weight is 495 g/mol. The van der Waals surface area contributed by atoms with Gasteiger partial charge in [-0.25, -0.2) is 9.67 Å². The summed E-state index contributed by atoms with van der Waals surface area (Å²) in [6, 6.07) is 13.4. The third-order valence-electron chi connectivity index (χ3n) is 4.19. The van der Waals surface area contributed by atoms with Crippen molar-refractivity contribution < 1.29 is 18.1 Å². The SMILES string of the molecule is O=[N+]([O-])c1ccc(-c2csc(-n3nc(-c4ccc(Br)cc4)cc3C(F)(F)F)n2)cc1. The summed E-state index contributed by atoms with van der Waals surface area (Å²) >= 11 is 4.29. The number of aromatic nitrogens is 3. The van der Waals surface area contributed by atoms with E-state index in [1.165, 1.54) is 24.3 Å². The summed E-state index contributed by atoms with van der Waals surface area (Å²) in [6.45, 7) is 0. The lowest BCUT2D eigenvalue weighted by atomic mass is 10.1. The standard InChI is InChI=1S/C19H10BrF3N4O2S/c20-13-5-1-11(2-6-13)15-9-17(19(21,22)23)26(25-15)18-24-16(10-30-18)12-3-7-14(8-4-12)27(28)29/h1-10H. The minimum atomic E-state index is -4.63. The van der Waals surface area contributed by atoms with E-state index in [1.54, 1.807) is 29.6 Å². The Balaban J connectivity index is 1.75. The van der Waals surface area contributed by atoms with E-state index in [0.717, 1.165) is 26.6 Å². The summed E-state index contributed by atoms with van der Waals surface area (Å²) in [5, 5.41) is 16.5. The maximum atomic E-state index is 13.6. The van der Waals surface area contributed by atoms with Gasteiger partial charge in [0.2, 0.25) is 5.13 Å². The molecular formula is C19H10BrF3N4O2S. The van der Waals surface area contributed by atoms with Crippen molar-refractivity contribution >= 4 is 33.0 Å². The lowest BCUT2D eigenvalue weighted by Crippen LogP contribution is -2.13. The Hall–Kier alpha value is -3.05. The molecule has 152 valence electrons. The molecule has 0 amide bonds. The highest BCUT2D eigenvalue weighted by Gasteiger charge is 2.37. The second-order valence-electron chi connectivity index (χ2n) is 6.15. The predicted molar refractivity (Wildman–Crippen MR) is 109 cm³/mol. The molecule has 0 fully saturated rings. The van der Waals surface area contributed by atoms with Crippen LogP contribution in [0.4, 0.5) is 18.9 Å². The molecule has 30 heavy (non-hydrogen) atoms. The van der Waals surface area contributed by atoms with Crippen molar-refractivity contribution in [1.82, 2.24) is 14.8 Å². The van der Waals surface area contributed by atoms with Crippen LogP contribution in [-0.2, 0) is 6.18 Å². The van der Waals surface area contributed by atoms with Crippen LogP contribution >= 0.6 is 27.3 Å². The van der Waals surface area contributed by atoms with E-state index >= 15 is 0 Å². The molecule has 0 aliphatic rings. The molecule has 0 radical (unpaired) electrons. The molecule has 0 spiro atoms. The van der Waals surface area contributed by atoms with E-state index < -0.39 is 16.8 Å². The van der Waals surface area contributed by atoms with E-state index in [4.69, 9.17) is 0 Å². The number of halogens is 4. The number of thiazole rings is 1. The first-order chi connectivity index (χ1) is 14.2. The van der Waals surface area contributed by atoms with Crippen molar-refractivity contribution in [3.63, 3.8) is 0 Å². The topological polar surface area (TPSA) is 73.8 Å². The largest absolute Gasteiger partial charge is 0.433 e. The maximum Gasteiger partial charge on any atom is 0.433 e. The van der Waals surface area contributed by atoms with Crippen LogP contribution in [0.1, 0.15) is 5.69 Å². The van der Waals surface area contributed by atoms with Crippen molar-refractivity contribution in [2.24, 2.45) is 0 Å². The Labute approximate surface area is 179 Å². The first kappa shape index (κ1) is 20.2.